The van der Waals surface area contributed by atoms with E-state index in [1.54, 1.807) is 6.07 Å². The Morgan fingerprint density at radius 2 is 1.48 bits per heavy atom. The average Bonchev–Trinajstić information content (AvgIpc) is 3.16. The van der Waals surface area contributed by atoms with Gasteiger partial charge in [-0.05, 0) is 47.5 Å². The Balaban J connectivity index is 1.92. The van der Waals surface area contributed by atoms with Gasteiger partial charge in [0.1, 0.15) is 11.8 Å². The van der Waals surface area contributed by atoms with E-state index in [4.69, 9.17) is 17.0 Å². The van der Waals surface area contributed by atoms with E-state index in [0.29, 0.717) is 28.5 Å². The van der Waals surface area contributed by atoms with E-state index in [2.05, 4.69) is 12.1 Å². The lowest BCUT2D eigenvalue weighted by Crippen LogP contribution is -2.10. The first-order chi connectivity index (χ1) is 16.1. The molecular weight excluding hydrogens is 426 g/mol. The van der Waals surface area contributed by atoms with Gasteiger partial charge in [-0.2, -0.15) is 10.5 Å². The second-order valence-electron chi connectivity index (χ2n) is 7.44. The standard InChI is InChI=1S/C28H21N3OS/c1-3-32-28(33)27-25(24(18-30)26(31(27)2)21-9-5-4-6-10-21)20-15-13-19(14-16-20)23-12-8-7-11-22(23)17-29/h4-16H,3H2,1-2H3. The third kappa shape index (κ3) is 4.03. The maximum Gasteiger partial charge on any atom is 0.208 e. The second-order valence-corrected chi connectivity index (χ2v) is 7.81. The number of benzene rings is 3. The zero-order valence-electron chi connectivity index (χ0n) is 18.4. The summed E-state index contributed by atoms with van der Waals surface area (Å²) in [4.78, 5) is 0. The van der Waals surface area contributed by atoms with Gasteiger partial charge in [-0.3, -0.25) is 0 Å². The number of nitrogens with zero attached hydrogens (tertiary/aromatic N) is 3. The molecule has 0 radical (unpaired) electrons. The molecular formula is C28H21N3OS. The first-order valence-electron chi connectivity index (χ1n) is 10.6. The van der Waals surface area contributed by atoms with Crippen LogP contribution in [0.2, 0.25) is 0 Å². The van der Waals surface area contributed by atoms with Crippen molar-refractivity contribution < 1.29 is 4.74 Å². The van der Waals surface area contributed by atoms with E-state index in [1.165, 1.54) is 0 Å². The summed E-state index contributed by atoms with van der Waals surface area (Å²) in [5.41, 5.74) is 7.01. The van der Waals surface area contributed by atoms with Crippen LogP contribution in [0, 0.1) is 22.7 Å². The molecule has 0 aliphatic heterocycles. The number of hydrogen-bond acceptors (Lipinski definition) is 4. The number of nitriles is 2. The van der Waals surface area contributed by atoms with E-state index < -0.39 is 0 Å². The molecule has 0 bridgehead atoms. The lowest BCUT2D eigenvalue weighted by atomic mass is 9.95. The van der Waals surface area contributed by atoms with Crippen LogP contribution >= 0.6 is 12.2 Å². The number of thiocarbonyl (C=S) groups is 1. The third-order valence-electron chi connectivity index (χ3n) is 5.55. The van der Waals surface area contributed by atoms with Gasteiger partial charge in [0.25, 0.3) is 0 Å². The molecule has 0 aliphatic rings. The minimum absolute atomic E-state index is 0.354. The number of hydrogen-bond donors (Lipinski definition) is 0. The smallest absolute Gasteiger partial charge is 0.208 e. The van der Waals surface area contributed by atoms with Gasteiger partial charge in [0.05, 0.1) is 29.5 Å². The summed E-state index contributed by atoms with van der Waals surface area (Å²) in [5, 5.41) is 20.0. The Bertz CT molecular complexity index is 1400. The normalized spacial score (nSPS) is 10.3. The van der Waals surface area contributed by atoms with Crippen LogP contribution in [0.4, 0.5) is 0 Å². The van der Waals surface area contributed by atoms with Crippen molar-refractivity contribution in [3.63, 3.8) is 0 Å². The molecule has 5 heteroatoms. The molecule has 0 fully saturated rings. The molecule has 0 atom stereocenters. The van der Waals surface area contributed by atoms with Crippen LogP contribution in [0.3, 0.4) is 0 Å². The molecule has 33 heavy (non-hydrogen) atoms. The fraction of sp³-hybridized carbons (Fsp3) is 0.107. The van der Waals surface area contributed by atoms with Crippen LogP contribution in [-0.2, 0) is 11.8 Å². The lowest BCUT2D eigenvalue weighted by Gasteiger charge is -2.11. The molecule has 0 amide bonds. The first-order valence-corrected chi connectivity index (χ1v) is 11.0. The van der Waals surface area contributed by atoms with Crippen molar-refractivity contribution in [3.05, 3.63) is 95.7 Å². The van der Waals surface area contributed by atoms with Crippen LogP contribution in [0.25, 0.3) is 33.5 Å². The number of ether oxygens (including phenoxy) is 1. The second kappa shape index (κ2) is 9.53. The Morgan fingerprint density at radius 3 is 2.12 bits per heavy atom. The summed E-state index contributed by atoms with van der Waals surface area (Å²) in [6.07, 6.45) is 0. The Hall–Kier alpha value is -4.19. The van der Waals surface area contributed by atoms with Crippen LogP contribution < -0.4 is 0 Å². The fourth-order valence-corrected chi connectivity index (χ4v) is 4.45. The summed E-state index contributed by atoms with van der Waals surface area (Å²) < 4.78 is 7.65. The van der Waals surface area contributed by atoms with Crippen LogP contribution in [0.15, 0.2) is 78.9 Å². The lowest BCUT2D eigenvalue weighted by molar-refractivity contribution is 0.336. The highest BCUT2D eigenvalue weighted by atomic mass is 32.1. The Labute approximate surface area is 198 Å². The molecule has 160 valence electrons. The molecule has 0 saturated carbocycles. The van der Waals surface area contributed by atoms with Crippen LogP contribution in [-0.4, -0.2) is 16.2 Å². The van der Waals surface area contributed by atoms with Crippen molar-refractivity contribution in [2.45, 2.75) is 6.92 Å². The summed E-state index contributed by atoms with van der Waals surface area (Å²) in [5.74, 6) is 0. The highest BCUT2D eigenvalue weighted by Crippen LogP contribution is 2.38. The molecule has 4 nitrogen and oxygen atoms in total. The molecule has 4 aromatic rings. The maximum atomic E-state index is 10.2. The van der Waals surface area contributed by atoms with E-state index in [1.807, 2.05) is 91.3 Å². The average molecular weight is 448 g/mol. The van der Waals surface area contributed by atoms with Gasteiger partial charge in [0.15, 0.2) is 0 Å². The minimum Gasteiger partial charge on any atom is -0.482 e. The van der Waals surface area contributed by atoms with Crippen molar-refractivity contribution in [1.29, 1.82) is 10.5 Å². The SMILES string of the molecule is CCOC(=S)c1c(-c2ccc(-c3ccccc3C#N)cc2)c(C#N)c(-c2ccccc2)n1C. The van der Waals surface area contributed by atoms with Crippen molar-refractivity contribution in [2.75, 3.05) is 6.61 Å². The van der Waals surface area contributed by atoms with Gasteiger partial charge >= 0.3 is 0 Å². The number of rotatable bonds is 5. The molecule has 1 heterocycles. The molecule has 0 aliphatic carbocycles. The highest BCUT2D eigenvalue weighted by Gasteiger charge is 2.26. The van der Waals surface area contributed by atoms with Crippen LogP contribution in [0.5, 0.6) is 0 Å². The third-order valence-corrected chi connectivity index (χ3v) is 5.87. The van der Waals surface area contributed by atoms with Gasteiger partial charge in [0, 0.05) is 12.6 Å². The highest BCUT2D eigenvalue weighted by molar-refractivity contribution is 7.80. The topological polar surface area (TPSA) is 61.7 Å². The predicted octanol–water partition coefficient (Wildman–Crippen LogP) is 6.48. The largest absolute Gasteiger partial charge is 0.482 e. The molecule has 0 spiro atoms. The maximum absolute atomic E-state index is 10.2. The monoisotopic (exact) mass is 447 g/mol. The fourth-order valence-electron chi connectivity index (χ4n) is 4.10. The van der Waals surface area contributed by atoms with Crippen molar-refractivity contribution in [1.82, 2.24) is 4.57 Å². The molecule has 0 unspecified atom stereocenters. The van der Waals surface area contributed by atoms with E-state index in [-0.39, 0.29) is 0 Å². The minimum atomic E-state index is 0.354. The zero-order valence-corrected chi connectivity index (χ0v) is 19.2. The van der Waals surface area contributed by atoms with Gasteiger partial charge in [-0.25, -0.2) is 0 Å². The summed E-state index contributed by atoms with van der Waals surface area (Å²) in [7, 11) is 1.91. The van der Waals surface area contributed by atoms with E-state index in [0.717, 1.165) is 33.5 Å². The Kier molecular flexibility index (Phi) is 6.36. The summed E-state index contributed by atoms with van der Waals surface area (Å²) in [6.45, 7) is 2.33. The Morgan fingerprint density at radius 1 is 0.848 bits per heavy atom. The predicted molar refractivity (Wildman–Crippen MR) is 134 cm³/mol. The van der Waals surface area contributed by atoms with Crippen molar-refractivity contribution >= 4 is 17.3 Å². The van der Waals surface area contributed by atoms with Gasteiger partial charge in [-0.1, -0.05) is 72.8 Å². The van der Waals surface area contributed by atoms with E-state index in [9.17, 15) is 10.5 Å². The van der Waals surface area contributed by atoms with Crippen molar-refractivity contribution in [2.24, 2.45) is 7.05 Å². The number of aromatic nitrogens is 1. The zero-order chi connectivity index (χ0) is 23.4. The molecule has 4 rings (SSSR count). The van der Waals surface area contributed by atoms with Gasteiger partial charge in [-0.15, -0.1) is 0 Å². The molecule has 0 saturated heterocycles. The molecule has 0 N–H and O–H groups in total. The summed E-state index contributed by atoms with van der Waals surface area (Å²) in [6, 6.07) is 29.8. The van der Waals surface area contributed by atoms with Gasteiger partial charge < -0.3 is 9.30 Å². The molecule has 1 aromatic heterocycles. The first kappa shape index (κ1) is 22.0. The summed E-state index contributed by atoms with van der Waals surface area (Å²) >= 11 is 5.61. The van der Waals surface area contributed by atoms with Crippen molar-refractivity contribution in [3.8, 4) is 45.6 Å². The van der Waals surface area contributed by atoms with Crippen LogP contribution in [0.1, 0.15) is 23.7 Å². The quantitative estimate of drug-likeness (QED) is 0.328. The van der Waals surface area contributed by atoms with E-state index >= 15 is 0 Å². The van der Waals surface area contributed by atoms with Gasteiger partial charge in [0.2, 0.25) is 5.05 Å². The molecule has 3 aromatic carbocycles.